The molecule has 1 aromatic carbocycles. The van der Waals surface area contributed by atoms with Gasteiger partial charge in [0.1, 0.15) is 11.6 Å². The van der Waals surface area contributed by atoms with Crippen LogP contribution < -0.4 is 10.1 Å². The van der Waals surface area contributed by atoms with Crippen molar-refractivity contribution in [3.8, 4) is 5.75 Å². The predicted octanol–water partition coefficient (Wildman–Crippen LogP) is 2.77. The lowest BCUT2D eigenvalue weighted by Crippen LogP contribution is -2.13. The minimum absolute atomic E-state index is 0.561. The van der Waals surface area contributed by atoms with Gasteiger partial charge in [0.2, 0.25) is 0 Å². The molecule has 116 valence electrons. The van der Waals surface area contributed by atoms with Crippen molar-refractivity contribution in [3.63, 3.8) is 0 Å². The predicted molar refractivity (Wildman–Crippen MR) is 87.5 cm³/mol. The second-order valence-electron chi connectivity index (χ2n) is 5.94. The molecule has 1 fully saturated rings. The Morgan fingerprint density at radius 1 is 1.23 bits per heavy atom. The van der Waals surface area contributed by atoms with Crippen molar-refractivity contribution in [2.45, 2.75) is 32.6 Å². The summed E-state index contributed by atoms with van der Waals surface area (Å²) in [5.41, 5.74) is 4.76. The number of aryl methyl sites for hydroxylation is 2. The van der Waals surface area contributed by atoms with E-state index < -0.39 is 0 Å². The van der Waals surface area contributed by atoms with E-state index in [1.165, 1.54) is 17.5 Å². The first-order valence-corrected chi connectivity index (χ1v) is 7.85. The van der Waals surface area contributed by atoms with E-state index in [0.29, 0.717) is 5.92 Å². The first-order valence-electron chi connectivity index (χ1n) is 7.85. The summed E-state index contributed by atoms with van der Waals surface area (Å²) in [5.74, 6) is 2.32. The monoisotopic (exact) mass is 297 g/mol. The molecule has 3 rings (SSSR count). The summed E-state index contributed by atoms with van der Waals surface area (Å²) in [6.07, 6.45) is 1.92. The van der Waals surface area contributed by atoms with Crippen LogP contribution in [0.15, 0.2) is 24.3 Å². The van der Waals surface area contributed by atoms with E-state index in [1.807, 2.05) is 18.2 Å². The van der Waals surface area contributed by atoms with Crippen molar-refractivity contribution in [2.24, 2.45) is 0 Å². The van der Waals surface area contributed by atoms with E-state index in [1.54, 1.807) is 7.11 Å². The minimum atomic E-state index is 0.561. The second kappa shape index (κ2) is 6.44. The van der Waals surface area contributed by atoms with Gasteiger partial charge < -0.3 is 10.1 Å². The maximum absolute atomic E-state index is 5.28. The minimum Gasteiger partial charge on any atom is -0.497 e. The molecule has 0 saturated carbocycles. The molecule has 1 unspecified atom stereocenters. The summed E-state index contributed by atoms with van der Waals surface area (Å²) in [6.45, 7) is 6.35. The lowest BCUT2D eigenvalue weighted by Gasteiger charge is -2.16. The van der Waals surface area contributed by atoms with Gasteiger partial charge >= 0.3 is 0 Å². The van der Waals surface area contributed by atoms with Gasteiger partial charge in [-0.15, -0.1) is 0 Å². The molecule has 0 bridgehead atoms. The van der Waals surface area contributed by atoms with E-state index >= 15 is 0 Å². The average Bonchev–Trinajstić information content (AvgIpc) is 3.00. The molecular formula is C18H23N3O. The highest BCUT2D eigenvalue weighted by Crippen LogP contribution is 2.27. The molecule has 2 aromatic rings. The standard InChI is InChI=1S/C18H23N3O/c1-12-18(15-7-8-19-11-15)13(2)21-17(20-12)10-14-5-4-6-16(9-14)22-3/h4-6,9,15,19H,7-8,10-11H2,1-3H3. The van der Waals surface area contributed by atoms with Crippen LogP contribution in [-0.2, 0) is 6.42 Å². The Kier molecular flexibility index (Phi) is 4.39. The molecule has 2 heterocycles. The molecule has 0 aliphatic carbocycles. The number of hydrogen-bond acceptors (Lipinski definition) is 4. The van der Waals surface area contributed by atoms with Gasteiger partial charge in [0.25, 0.3) is 0 Å². The molecule has 4 nitrogen and oxygen atoms in total. The van der Waals surface area contributed by atoms with Gasteiger partial charge in [-0.2, -0.15) is 0 Å². The topological polar surface area (TPSA) is 47.0 Å². The molecule has 1 saturated heterocycles. The normalized spacial score (nSPS) is 17.7. The summed E-state index contributed by atoms with van der Waals surface area (Å²) in [5, 5.41) is 3.42. The van der Waals surface area contributed by atoms with Gasteiger partial charge in [-0.1, -0.05) is 12.1 Å². The Morgan fingerprint density at radius 2 is 2.00 bits per heavy atom. The zero-order chi connectivity index (χ0) is 15.5. The van der Waals surface area contributed by atoms with Gasteiger partial charge in [0.15, 0.2) is 0 Å². The van der Waals surface area contributed by atoms with Crippen molar-refractivity contribution in [3.05, 3.63) is 52.6 Å². The number of aromatic nitrogens is 2. The fourth-order valence-corrected chi connectivity index (χ4v) is 3.33. The number of hydrogen-bond donors (Lipinski definition) is 1. The zero-order valence-electron chi connectivity index (χ0n) is 13.5. The zero-order valence-corrected chi connectivity index (χ0v) is 13.5. The van der Waals surface area contributed by atoms with E-state index in [0.717, 1.165) is 42.5 Å². The van der Waals surface area contributed by atoms with Gasteiger partial charge in [-0.05, 0) is 50.1 Å². The maximum Gasteiger partial charge on any atom is 0.133 e. The van der Waals surface area contributed by atoms with Crippen LogP contribution in [0, 0.1) is 13.8 Å². The average molecular weight is 297 g/mol. The Morgan fingerprint density at radius 3 is 2.64 bits per heavy atom. The smallest absolute Gasteiger partial charge is 0.133 e. The third kappa shape index (κ3) is 3.12. The van der Waals surface area contributed by atoms with Crippen LogP contribution in [0.1, 0.15) is 40.7 Å². The number of benzene rings is 1. The van der Waals surface area contributed by atoms with E-state index in [4.69, 9.17) is 14.7 Å². The first-order chi connectivity index (χ1) is 10.7. The largest absolute Gasteiger partial charge is 0.497 e. The van der Waals surface area contributed by atoms with Gasteiger partial charge in [-0.25, -0.2) is 9.97 Å². The summed E-state index contributed by atoms with van der Waals surface area (Å²) >= 11 is 0. The molecule has 1 atom stereocenters. The summed E-state index contributed by atoms with van der Waals surface area (Å²) in [6, 6.07) is 8.09. The highest BCUT2D eigenvalue weighted by atomic mass is 16.5. The number of nitrogens with one attached hydrogen (secondary N) is 1. The second-order valence-corrected chi connectivity index (χ2v) is 5.94. The van der Waals surface area contributed by atoms with Gasteiger partial charge in [-0.3, -0.25) is 0 Å². The van der Waals surface area contributed by atoms with Crippen molar-refractivity contribution >= 4 is 0 Å². The molecule has 0 amide bonds. The van der Waals surface area contributed by atoms with Crippen molar-refractivity contribution in [1.29, 1.82) is 0 Å². The molecule has 1 aliphatic rings. The number of nitrogens with zero attached hydrogens (tertiary/aromatic N) is 2. The van der Waals surface area contributed by atoms with Crippen molar-refractivity contribution < 1.29 is 4.74 Å². The SMILES string of the molecule is COc1cccc(Cc2nc(C)c(C3CCNC3)c(C)n2)c1. The number of ether oxygens (including phenoxy) is 1. The molecule has 22 heavy (non-hydrogen) atoms. The first kappa shape index (κ1) is 15.0. The van der Waals surface area contributed by atoms with Crippen LogP contribution in [-0.4, -0.2) is 30.2 Å². The van der Waals surface area contributed by atoms with Crippen LogP contribution in [0.25, 0.3) is 0 Å². The van der Waals surface area contributed by atoms with Crippen molar-refractivity contribution in [1.82, 2.24) is 15.3 Å². The van der Waals surface area contributed by atoms with Crippen LogP contribution in [0.2, 0.25) is 0 Å². The molecular weight excluding hydrogens is 274 g/mol. The third-order valence-corrected chi connectivity index (χ3v) is 4.34. The summed E-state index contributed by atoms with van der Waals surface area (Å²) in [7, 11) is 1.69. The summed E-state index contributed by atoms with van der Waals surface area (Å²) in [4.78, 5) is 9.50. The Labute approximate surface area is 132 Å². The Balaban J connectivity index is 1.85. The van der Waals surface area contributed by atoms with Gasteiger partial charge in [0, 0.05) is 30.3 Å². The van der Waals surface area contributed by atoms with E-state index in [-0.39, 0.29) is 0 Å². The molecule has 1 aromatic heterocycles. The summed E-state index contributed by atoms with van der Waals surface area (Å²) < 4.78 is 5.28. The molecule has 1 aliphatic heterocycles. The van der Waals surface area contributed by atoms with E-state index in [9.17, 15) is 0 Å². The molecule has 4 heteroatoms. The fraction of sp³-hybridized carbons (Fsp3) is 0.444. The molecule has 0 radical (unpaired) electrons. The maximum atomic E-state index is 5.28. The molecule has 0 spiro atoms. The van der Waals surface area contributed by atoms with Crippen molar-refractivity contribution in [2.75, 3.05) is 20.2 Å². The van der Waals surface area contributed by atoms with Crippen LogP contribution in [0.4, 0.5) is 0 Å². The number of methoxy groups -OCH3 is 1. The lowest BCUT2D eigenvalue weighted by atomic mass is 9.95. The highest BCUT2D eigenvalue weighted by molar-refractivity contribution is 5.33. The molecule has 1 N–H and O–H groups in total. The van der Waals surface area contributed by atoms with Crippen LogP contribution in [0.5, 0.6) is 5.75 Å². The Bertz CT molecular complexity index is 640. The van der Waals surface area contributed by atoms with E-state index in [2.05, 4.69) is 25.2 Å². The van der Waals surface area contributed by atoms with Gasteiger partial charge in [0.05, 0.1) is 7.11 Å². The fourth-order valence-electron chi connectivity index (χ4n) is 3.33. The number of rotatable bonds is 4. The quantitative estimate of drug-likeness (QED) is 0.942. The van der Waals surface area contributed by atoms with Crippen LogP contribution in [0.3, 0.4) is 0 Å². The van der Waals surface area contributed by atoms with Crippen LogP contribution >= 0.6 is 0 Å². The lowest BCUT2D eigenvalue weighted by molar-refractivity contribution is 0.414. The Hall–Kier alpha value is -1.94. The highest BCUT2D eigenvalue weighted by Gasteiger charge is 2.22. The third-order valence-electron chi connectivity index (χ3n) is 4.34.